The highest BCUT2D eigenvalue weighted by atomic mass is 32.2. The van der Waals surface area contributed by atoms with Gasteiger partial charge in [0.15, 0.2) is 0 Å². The van der Waals surface area contributed by atoms with Crippen molar-refractivity contribution in [3.8, 4) is 0 Å². The van der Waals surface area contributed by atoms with Gasteiger partial charge >= 0.3 is 0 Å². The quantitative estimate of drug-likeness (QED) is 0.663. The molecule has 1 aliphatic rings. The third kappa shape index (κ3) is 1.24. The first-order valence-corrected chi connectivity index (χ1v) is 5.44. The molecule has 1 aromatic heterocycles. The van der Waals surface area contributed by atoms with Crippen LogP contribution in [0.15, 0.2) is 0 Å². The highest BCUT2D eigenvalue weighted by molar-refractivity contribution is 7.98. The smallest absolute Gasteiger partial charge is 0.143 e. The van der Waals surface area contributed by atoms with Gasteiger partial charge in [-0.3, -0.25) is 0 Å². The molecule has 4 heteroatoms. The summed E-state index contributed by atoms with van der Waals surface area (Å²) in [5.41, 5.74) is 0. The van der Waals surface area contributed by atoms with Crippen LogP contribution in [0.4, 0.5) is 0 Å². The van der Waals surface area contributed by atoms with Crippen LogP contribution in [-0.2, 0) is 12.3 Å². The Hall–Kier alpha value is -0.510. The predicted octanol–water partition coefficient (Wildman–Crippen LogP) is 1.65. The summed E-state index contributed by atoms with van der Waals surface area (Å²) in [7, 11) is 0. The van der Waals surface area contributed by atoms with E-state index in [9.17, 15) is 0 Å². The fourth-order valence-electron chi connectivity index (χ4n) is 1.45. The number of rotatable bonds is 1. The van der Waals surface area contributed by atoms with Crippen LogP contribution in [0.2, 0.25) is 0 Å². The number of fused-ring (bicyclic) bond motifs is 1. The van der Waals surface area contributed by atoms with Crippen LogP contribution in [0.25, 0.3) is 0 Å². The van der Waals surface area contributed by atoms with Gasteiger partial charge in [0.25, 0.3) is 0 Å². The lowest BCUT2D eigenvalue weighted by Crippen LogP contribution is -2.14. The topological polar surface area (TPSA) is 30.7 Å². The maximum Gasteiger partial charge on any atom is 0.143 e. The van der Waals surface area contributed by atoms with Gasteiger partial charge in [-0.05, 0) is 0 Å². The second kappa shape index (κ2) is 3.09. The molecule has 1 aliphatic heterocycles. The van der Waals surface area contributed by atoms with Crippen molar-refractivity contribution in [2.24, 2.45) is 0 Å². The standard InChI is InChI=1S/C8H13N3S/c1-6(2)8-10-9-7-5-12-4-3-11(7)8/h6H,3-5H2,1-2H3. The van der Waals surface area contributed by atoms with E-state index >= 15 is 0 Å². The summed E-state index contributed by atoms with van der Waals surface area (Å²) < 4.78 is 2.27. The largest absolute Gasteiger partial charge is 0.313 e. The molecule has 66 valence electrons. The van der Waals surface area contributed by atoms with Crippen molar-refractivity contribution in [3.05, 3.63) is 11.6 Å². The fourth-order valence-corrected chi connectivity index (χ4v) is 2.30. The molecule has 1 aromatic rings. The van der Waals surface area contributed by atoms with Crippen LogP contribution in [-0.4, -0.2) is 20.5 Å². The first-order valence-electron chi connectivity index (χ1n) is 4.28. The molecule has 2 heterocycles. The summed E-state index contributed by atoms with van der Waals surface area (Å²) in [5, 5.41) is 8.37. The highest BCUT2D eigenvalue weighted by Crippen LogP contribution is 2.21. The van der Waals surface area contributed by atoms with Crippen LogP contribution in [0, 0.1) is 0 Å². The zero-order chi connectivity index (χ0) is 8.55. The summed E-state index contributed by atoms with van der Waals surface area (Å²) in [4.78, 5) is 0. The molecule has 0 unspecified atom stereocenters. The second-order valence-corrected chi connectivity index (χ2v) is 4.44. The van der Waals surface area contributed by atoms with E-state index in [0.29, 0.717) is 5.92 Å². The zero-order valence-electron chi connectivity index (χ0n) is 7.45. The van der Waals surface area contributed by atoms with Gasteiger partial charge in [0.1, 0.15) is 11.6 Å². The normalized spacial score (nSPS) is 16.6. The SMILES string of the molecule is CC(C)c1nnc2n1CCSC2. The molecular weight excluding hydrogens is 170 g/mol. The van der Waals surface area contributed by atoms with Crippen molar-refractivity contribution in [3.63, 3.8) is 0 Å². The van der Waals surface area contributed by atoms with Crippen LogP contribution in [0.5, 0.6) is 0 Å². The van der Waals surface area contributed by atoms with Crippen molar-refractivity contribution in [2.75, 3.05) is 5.75 Å². The third-order valence-electron chi connectivity index (χ3n) is 2.06. The van der Waals surface area contributed by atoms with E-state index in [4.69, 9.17) is 0 Å². The molecule has 3 nitrogen and oxygen atoms in total. The number of hydrogen-bond donors (Lipinski definition) is 0. The van der Waals surface area contributed by atoms with E-state index in [2.05, 4.69) is 28.6 Å². The van der Waals surface area contributed by atoms with E-state index in [1.165, 1.54) is 5.75 Å². The summed E-state index contributed by atoms with van der Waals surface area (Å²) in [5.74, 6) is 5.01. The summed E-state index contributed by atoms with van der Waals surface area (Å²) >= 11 is 1.94. The Kier molecular flexibility index (Phi) is 2.09. The monoisotopic (exact) mass is 183 g/mol. The van der Waals surface area contributed by atoms with Gasteiger partial charge in [-0.1, -0.05) is 13.8 Å². The van der Waals surface area contributed by atoms with E-state index in [0.717, 1.165) is 23.9 Å². The van der Waals surface area contributed by atoms with Crippen molar-refractivity contribution in [2.45, 2.75) is 32.1 Å². The molecule has 0 N–H and O–H groups in total. The first-order chi connectivity index (χ1) is 5.79. The molecule has 0 fully saturated rings. The van der Waals surface area contributed by atoms with Gasteiger partial charge in [0.2, 0.25) is 0 Å². The second-order valence-electron chi connectivity index (χ2n) is 3.33. The Bertz CT molecular complexity index is 280. The maximum absolute atomic E-state index is 4.20. The molecule has 0 atom stereocenters. The number of thioether (sulfide) groups is 1. The number of nitrogens with zero attached hydrogens (tertiary/aromatic N) is 3. The van der Waals surface area contributed by atoms with Gasteiger partial charge in [0, 0.05) is 18.2 Å². The van der Waals surface area contributed by atoms with Gasteiger partial charge < -0.3 is 4.57 Å². The Morgan fingerprint density at radius 1 is 1.42 bits per heavy atom. The molecule has 2 rings (SSSR count). The molecule has 0 amide bonds. The summed E-state index contributed by atoms with van der Waals surface area (Å²) in [6.45, 7) is 5.42. The van der Waals surface area contributed by atoms with Gasteiger partial charge in [-0.2, -0.15) is 11.8 Å². The van der Waals surface area contributed by atoms with Gasteiger partial charge in [0.05, 0.1) is 5.75 Å². The molecule has 0 spiro atoms. The lowest BCUT2D eigenvalue weighted by molar-refractivity contribution is 0.635. The Balaban J connectivity index is 2.38. The highest BCUT2D eigenvalue weighted by Gasteiger charge is 2.17. The molecule has 0 aliphatic carbocycles. The molecule has 0 saturated heterocycles. The minimum atomic E-state index is 0.495. The summed E-state index contributed by atoms with van der Waals surface area (Å²) in [6, 6.07) is 0. The van der Waals surface area contributed by atoms with Crippen LogP contribution >= 0.6 is 11.8 Å². The van der Waals surface area contributed by atoms with E-state index in [1.807, 2.05) is 11.8 Å². The lowest BCUT2D eigenvalue weighted by atomic mass is 10.2. The van der Waals surface area contributed by atoms with Gasteiger partial charge in [-0.15, -0.1) is 10.2 Å². The van der Waals surface area contributed by atoms with Crippen molar-refractivity contribution < 1.29 is 0 Å². The minimum absolute atomic E-state index is 0.495. The maximum atomic E-state index is 4.20. The zero-order valence-corrected chi connectivity index (χ0v) is 8.27. The van der Waals surface area contributed by atoms with Crippen LogP contribution < -0.4 is 0 Å². The van der Waals surface area contributed by atoms with Crippen LogP contribution in [0.3, 0.4) is 0 Å². The van der Waals surface area contributed by atoms with E-state index < -0.39 is 0 Å². The Morgan fingerprint density at radius 2 is 2.25 bits per heavy atom. The van der Waals surface area contributed by atoms with Crippen molar-refractivity contribution >= 4 is 11.8 Å². The Morgan fingerprint density at radius 3 is 3.00 bits per heavy atom. The van der Waals surface area contributed by atoms with Crippen LogP contribution in [0.1, 0.15) is 31.4 Å². The molecule has 0 radical (unpaired) electrons. The predicted molar refractivity (Wildman–Crippen MR) is 50.3 cm³/mol. The third-order valence-corrected chi connectivity index (χ3v) is 3.00. The van der Waals surface area contributed by atoms with E-state index in [-0.39, 0.29) is 0 Å². The molecule has 0 saturated carbocycles. The average Bonchev–Trinajstić information content (AvgIpc) is 2.47. The van der Waals surface area contributed by atoms with Gasteiger partial charge in [-0.25, -0.2) is 0 Å². The Labute approximate surface area is 76.6 Å². The molecule has 0 aromatic carbocycles. The molecular formula is C8H13N3S. The number of aromatic nitrogens is 3. The average molecular weight is 183 g/mol. The van der Waals surface area contributed by atoms with Crippen molar-refractivity contribution in [1.82, 2.24) is 14.8 Å². The molecule has 12 heavy (non-hydrogen) atoms. The lowest BCUT2D eigenvalue weighted by Gasteiger charge is -2.15. The molecule has 0 bridgehead atoms. The van der Waals surface area contributed by atoms with E-state index in [1.54, 1.807) is 0 Å². The first kappa shape index (κ1) is 8.10. The number of hydrogen-bond acceptors (Lipinski definition) is 3. The minimum Gasteiger partial charge on any atom is -0.313 e. The fraction of sp³-hybridized carbons (Fsp3) is 0.750. The summed E-state index contributed by atoms with van der Waals surface area (Å²) in [6.07, 6.45) is 0. The van der Waals surface area contributed by atoms with Crippen molar-refractivity contribution in [1.29, 1.82) is 0 Å².